The summed E-state index contributed by atoms with van der Waals surface area (Å²) in [5, 5.41) is 1.74. The van der Waals surface area contributed by atoms with Crippen LogP contribution in [0.1, 0.15) is 22.9 Å². The number of hydrogen-bond acceptors (Lipinski definition) is 5. The van der Waals surface area contributed by atoms with E-state index in [1.54, 1.807) is 55.6 Å². The molecule has 2 aromatic heterocycles. The number of methoxy groups -OCH3 is 2. The molecule has 1 aliphatic rings. The van der Waals surface area contributed by atoms with E-state index in [2.05, 4.69) is 9.97 Å². The Morgan fingerprint density at radius 3 is 2.55 bits per heavy atom. The van der Waals surface area contributed by atoms with Crippen molar-refractivity contribution >= 4 is 28.6 Å². The number of carbonyl (C=O) groups is 1. The van der Waals surface area contributed by atoms with E-state index in [4.69, 9.17) is 25.8 Å². The smallest absolute Gasteiger partial charge is 0.416 e. The van der Waals surface area contributed by atoms with E-state index in [1.165, 1.54) is 0 Å². The Morgan fingerprint density at radius 2 is 1.85 bits per heavy atom. The highest BCUT2D eigenvalue weighted by Crippen LogP contribution is 2.39. The van der Waals surface area contributed by atoms with Crippen molar-refractivity contribution in [2.45, 2.75) is 12.5 Å². The maximum atomic E-state index is 13.3. The Balaban J connectivity index is 1.54. The number of fused-ring (bicyclic) bond motifs is 3. The first kappa shape index (κ1) is 21.2. The van der Waals surface area contributed by atoms with Crippen LogP contribution in [0.5, 0.6) is 17.4 Å². The van der Waals surface area contributed by atoms with Crippen molar-refractivity contribution < 1.29 is 19.0 Å². The van der Waals surface area contributed by atoms with E-state index < -0.39 is 12.1 Å². The van der Waals surface area contributed by atoms with Gasteiger partial charge in [-0.1, -0.05) is 11.6 Å². The van der Waals surface area contributed by atoms with Gasteiger partial charge in [0.05, 0.1) is 14.2 Å². The van der Waals surface area contributed by atoms with E-state index in [0.717, 1.165) is 27.7 Å². The van der Waals surface area contributed by atoms with Crippen LogP contribution in [0.15, 0.2) is 60.8 Å². The molecule has 1 atom stereocenters. The third kappa shape index (κ3) is 3.96. The first-order chi connectivity index (χ1) is 16.1. The number of H-pyrrole nitrogens is 1. The van der Waals surface area contributed by atoms with Crippen LogP contribution in [0, 0.1) is 0 Å². The molecular formula is C25H22ClN3O4. The van der Waals surface area contributed by atoms with Gasteiger partial charge >= 0.3 is 6.09 Å². The molecule has 3 heterocycles. The lowest BCUT2D eigenvalue weighted by molar-refractivity contribution is 0.135. The molecular weight excluding hydrogens is 442 g/mol. The van der Waals surface area contributed by atoms with Crippen molar-refractivity contribution in [3.05, 3.63) is 82.6 Å². The lowest BCUT2D eigenvalue weighted by atomic mass is 9.93. The lowest BCUT2D eigenvalue weighted by Gasteiger charge is -2.35. The number of nitrogens with one attached hydrogen (secondary N) is 1. The van der Waals surface area contributed by atoms with Gasteiger partial charge in [-0.25, -0.2) is 9.78 Å². The number of halogens is 1. The molecule has 0 saturated heterocycles. The summed E-state index contributed by atoms with van der Waals surface area (Å²) in [5.74, 6) is 1.64. The van der Waals surface area contributed by atoms with Crippen LogP contribution >= 0.6 is 11.6 Å². The maximum Gasteiger partial charge on any atom is 0.416 e. The maximum absolute atomic E-state index is 13.3. The molecule has 0 spiro atoms. The fourth-order valence-corrected chi connectivity index (χ4v) is 4.45. The van der Waals surface area contributed by atoms with Crippen LogP contribution in [0.4, 0.5) is 4.79 Å². The van der Waals surface area contributed by atoms with Gasteiger partial charge in [0.15, 0.2) is 0 Å². The molecule has 1 amide bonds. The second kappa shape index (κ2) is 8.67. The van der Waals surface area contributed by atoms with Crippen LogP contribution in [-0.4, -0.2) is 41.7 Å². The van der Waals surface area contributed by atoms with Crippen molar-refractivity contribution in [3.8, 4) is 17.4 Å². The fourth-order valence-electron chi connectivity index (χ4n) is 4.28. The fraction of sp³-hybridized carbons (Fsp3) is 0.200. The third-order valence-corrected chi connectivity index (χ3v) is 6.11. The number of rotatable bonds is 4. The number of benzene rings is 2. The van der Waals surface area contributed by atoms with Crippen LogP contribution in [0.25, 0.3) is 10.9 Å². The number of ether oxygens (including phenoxy) is 3. The summed E-state index contributed by atoms with van der Waals surface area (Å²) in [6.07, 6.45) is 1.96. The number of amides is 1. The number of pyridine rings is 1. The highest BCUT2D eigenvalue weighted by atomic mass is 35.5. The first-order valence-electron chi connectivity index (χ1n) is 10.5. The average Bonchev–Trinajstić information content (AvgIpc) is 3.21. The quantitative estimate of drug-likeness (QED) is 0.439. The SMILES string of the molecule is COc1ccc(OC(=O)N2CCc3c([nH]c4ccc(Cl)cc34)C2c2ccc(OC)nc2)cc1. The van der Waals surface area contributed by atoms with Crippen LogP contribution in [-0.2, 0) is 6.42 Å². The number of hydrogen-bond donors (Lipinski definition) is 1. The zero-order chi connectivity index (χ0) is 22.9. The van der Waals surface area contributed by atoms with Gasteiger partial charge in [-0.2, -0.15) is 0 Å². The predicted octanol–water partition coefficient (Wildman–Crippen LogP) is 5.38. The molecule has 2 aromatic carbocycles. The molecule has 168 valence electrons. The molecule has 7 nitrogen and oxygen atoms in total. The van der Waals surface area contributed by atoms with Gasteiger partial charge in [0.25, 0.3) is 0 Å². The summed E-state index contributed by atoms with van der Waals surface area (Å²) in [4.78, 5) is 22.9. The van der Waals surface area contributed by atoms with Gasteiger partial charge in [-0.3, -0.25) is 4.90 Å². The topological polar surface area (TPSA) is 76.7 Å². The van der Waals surface area contributed by atoms with Crippen molar-refractivity contribution in [1.29, 1.82) is 0 Å². The minimum absolute atomic E-state index is 0.399. The second-order valence-corrected chi connectivity index (χ2v) is 8.17. The molecule has 1 N–H and O–H groups in total. The number of nitrogens with zero attached hydrogens (tertiary/aromatic N) is 2. The Hall–Kier alpha value is -3.71. The molecule has 0 bridgehead atoms. The van der Waals surface area contributed by atoms with Gasteiger partial charge in [0, 0.05) is 40.4 Å². The van der Waals surface area contributed by atoms with Gasteiger partial charge in [0.1, 0.15) is 17.5 Å². The predicted molar refractivity (Wildman–Crippen MR) is 125 cm³/mol. The Labute approximate surface area is 195 Å². The molecule has 1 unspecified atom stereocenters. The summed E-state index contributed by atoms with van der Waals surface area (Å²) in [6.45, 7) is 0.484. The van der Waals surface area contributed by atoms with E-state index >= 15 is 0 Å². The Kier molecular flexibility index (Phi) is 5.56. The third-order valence-electron chi connectivity index (χ3n) is 5.87. The Bertz CT molecular complexity index is 1300. The summed E-state index contributed by atoms with van der Waals surface area (Å²) in [7, 11) is 3.16. The molecule has 0 radical (unpaired) electrons. The monoisotopic (exact) mass is 463 g/mol. The van der Waals surface area contributed by atoms with Crippen molar-refractivity contribution in [1.82, 2.24) is 14.9 Å². The van der Waals surface area contributed by atoms with Crippen LogP contribution in [0.2, 0.25) is 5.02 Å². The minimum Gasteiger partial charge on any atom is -0.497 e. The second-order valence-electron chi connectivity index (χ2n) is 7.73. The molecule has 1 aliphatic heterocycles. The standard InChI is InChI=1S/C25H22ClN3O4/c1-31-17-5-7-18(8-6-17)33-25(30)29-12-11-19-20-13-16(26)4-9-21(20)28-23(19)24(29)15-3-10-22(32-2)27-14-15/h3-10,13-14,24,28H,11-12H2,1-2H3. The zero-order valence-electron chi connectivity index (χ0n) is 18.2. The van der Waals surface area contributed by atoms with Gasteiger partial charge in [0.2, 0.25) is 5.88 Å². The average molecular weight is 464 g/mol. The highest BCUT2D eigenvalue weighted by molar-refractivity contribution is 6.31. The lowest BCUT2D eigenvalue weighted by Crippen LogP contribution is -2.42. The van der Waals surface area contributed by atoms with Crippen molar-refractivity contribution in [3.63, 3.8) is 0 Å². The van der Waals surface area contributed by atoms with E-state index in [9.17, 15) is 4.79 Å². The van der Waals surface area contributed by atoms with Crippen LogP contribution < -0.4 is 14.2 Å². The first-order valence-corrected chi connectivity index (χ1v) is 10.9. The number of aromatic amines is 1. The van der Waals surface area contributed by atoms with Gasteiger partial charge < -0.3 is 19.2 Å². The molecule has 8 heteroatoms. The van der Waals surface area contributed by atoms with E-state index in [1.807, 2.05) is 24.3 Å². The highest BCUT2D eigenvalue weighted by Gasteiger charge is 2.36. The van der Waals surface area contributed by atoms with Crippen molar-refractivity contribution in [2.24, 2.45) is 0 Å². The molecule has 4 aromatic rings. The van der Waals surface area contributed by atoms with Crippen LogP contribution in [0.3, 0.4) is 0 Å². The summed E-state index contributed by atoms with van der Waals surface area (Å²) >= 11 is 6.26. The minimum atomic E-state index is -0.441. The zero-order valence-corrected chi connectivity index (χ0v) is 18.9. The largest absolute Gasteiger partial charge is 0.497 e. The Morgan fingerprint density at radius 1 is 1.06 bits per heavy atom. The molecule has 0 fully saturated rings. The molecule has 33 heavy (non-hydrogen) atoms. The number of aromatic nitrogens is 2. The van der Waals surface area contributed by atoms with E-state index in [-0.39, 0.29) is 0 Å². The van der Waals surface area contributed by atoms with Gasteiger partial charge in [-0.05, 0) is 66.1 Å². The molecule has 0 aliphatic carbocycles. The van der Waals surface area contributed by atoms with Crippen molar-refractivity contribution in [2.75, 3.05) is 20.8 Å². The van der Waals surface area contributed by atoms with E-state index in [0.29, 0.717) is 35.4 Å². The van der Waals surface area contributed by atoms with Gasteiger partial charge in [-0.15, -0.1) is 0 Å². The molecule has 5 rings (SSSR count). The summed E-state index contributed by atoms with van der Waals surface area (Å²) in [5.41, 5.74) is 3.89. The normalized spacial score (nSPS) is 15.2. The molecule has 0 saturated carbocycles. The summed E-state index contributed by atoms with van der Waals surface area (Å²) < 4.78 is 16.1. The number of carbonyl (C=O) groups excluding carboxylic acids is 1. The summed E-state index contributed by atoms with van der Waals surface area (Å²) in [6, 6.07) is 16.0.